The molecule has 0 saturated carbocycles. The third-order valence-corrected chi connectivity index (χ3v) is 4.03. The molecule has 0 aliphatic carbocycles. The maximum Gasteiger partial charge on any atom is 0.255 e. The Balaban J connectivity index is 2.21. The second kappa shape index (κ2) is 5.50. The van der Waals surface area contributed by atoms with Gasteiger partial charge in [0.05, 0.1) is 11.7 Å². The van der Waals surface area contributed by atoms with E-state index < -0.39 is 6.10 Å². The molecule has 92 valence electrons. The summed E-state index contributed by atoms with van der Waals surface area (Å²) in [5, 5.41) is 9.58. The highest BCUT2D eigenvalue weighted by molar-refractivity contribution is 9.11. The van der Waals surface area contributed by atoms with Crippen molar-refractivity contribution in [1.82, 2.24) is 4.90 Å². The zero-order valence-corrected chi connectivity index (χ0v) is 12.4. The summed E-state index contributed by atoms with van der Waals surface area (Å²) in [5.41, 5.74) is 0.633. The highest BCUT2D eigenvalue weighted by atomic mass is 79.9. The van der Waals surface area contributed by atoms with Crippen LogP contribution in [0.4, 0.5) is 0 Å². The van der Waals surface area contributed by atoms with Gasteiger partial charge in [-0.15, -0.1) is 0 Å². The van der Waals surface area contributed by atoms with Crippen molar-refractivity contribution >= 4 is 37.8 Å². The molecule has 5 heteroatoms. The molecule has 0 radical (unpaired) electrons. The average Bonchev–Trinajstić information content (AvgIpc) is 2.31. The standard InChI is InChI=1S/C12H13Br2NO2/c13-8-3-4-11(14)10(6-8)12(17)15-5-1-2-9(16)7-15/h3-4,6,9,16H,1-2,5,7H2. The van der Waals surface area contributed by atoms with Crippen molar-refractivity contribution in [1.29, 1.82) is 0 Å². The van der Waals surface area contributed by atoms with Gasteiger partial charge in [0.15, 0.2) is 0 Å². The van der Waals surface area contributed by atoms with Gasteiger partial charge < -0.3 is 10.0 Å². The van der Waals surface area contributed by atoms with Crippen LogP contribution in [0.5, 0.6) is 0 Å². The predicted molar refractivity (Wildman–Crippen MR) is 73.0 cm³/mol. The molecular weight excluding hydrogens is 350 g/mol. The lowest BCUT2D eigenvalue weighted by molar-refractivity contribution is 0.0473. The highest BCUT2D eigenvalue weighted by Gasteiger charge is 2.24. The fraction of sp³-hybridized carbons (Fsp3) is 0.417. The predicted octanol–water partition coefficient (Wildman–Crippen LogP) is 2.81. The number of carbonyl (C=O) groups excluding carboxylic acids is 1. The van der Waals surface area contributed by atoms with E-state index in [1.165, 1.54) is 0 Å². The quantitative estimate of drug-likeness (QED) is 0.834. The van der Waals surface area contributed by atoms with E-state index in [1.54, 1.807) is 11.0 Å². The maximum absolute atomic E-state index is 12.3. The molecule has 1 heterocycles. The van der Waals surface area contributed by atoms with Crippen LogP contribution in [-0.2, 0) is 0 Å². The minimum atomic E-state index is -0.390. The van der Waals surface area contributed by atoms with Crippen LogP contribution in [0.15, 0.2) is 27.1 Å². The molecule has 0 spiro atoms. The molecule has 1 amide bonds. The Morgan fingerprint density at radius 3 is 2.88 bits per heavy atom. The first-order valence-electron chi connectivity index (χ1n) is 5.50. The highest BCUT2D eigenvalue weighted by Crippen LogP contribution is 2.24. The van der Waals surface area contributed by atoms with Gasteiger partial charge in [-0.1, -0.05) is 15.9 Å². The normalized spacial score (nSPS) is 20.4. The van der Waals surface area contributed by atoms with E-state index in [2.05, 4.69) is 31.9 Å². The maximum atomic E-state index is 12.3. The Kier molecular flexibility index (Phi) is 4.22. The lowest BCUT2D eigenvalue weighted by Gasteiger charge is -2.30. The van der Waals surface area contributed by atoms with Gasteiger partial charge >= 0.3 is 0 Å². The monoisotopic (exact) mass is 361 g/mol. The van der Waals surface area contributed by atoms with Crippen molar-refractivity contribution < 1.29 is 9.90 Å². The molecule has 1 saturated heterocycles. The summed E-state index contributed by atoms with van der Waals surface area (Å²) in [6, 6.07) is 5.52. The molecule has 1 aromatic rings. The van der Waals surface area contributed by atoms with Gasteiger partial charge in [0.2, 0.25) is 0 Å². The minimum absolute atomic E-state index is 0.0306. The Bertz CT molecular complexity index is 437. The second-order valence-electron chi connectivity index (χ2n) is 4.17. The summed E-state index contributed by atoms with van der Waals surface area (Å²) in [4.78, 5) is 14.0. The number of piperidine rings is 1. The van der Waals surface area contributed by atoms with E-state index in [0.29, 0.717) is 12.1 Å². The first-order chi connectivity index (χ1) is 8.08. The molecule has 1 fully saturated rings. The van der Waals surface area contributed by atoms with Crippen LogP contribution in [0, 0.1) is 0 Å². The number of rotatable bonds is 1. The number of hydrogen-bond acceptors (Lipinski definition) is 2. The summed E-state index contributed by atoms with van der Waals surface area (Å²) in [6.45, 7) is 1.15. The molecular formula is C12H13Br2NO2. The number of amides is 1. The van der Waals surface area contributed by atoms with E-state index in [9.17, 15) is 9.90 Å². The van der Waals surface area contributed by atoms with Crippen LogP contribution < -0.4 is 0 Å². The van der Waals surface area contributed by atoms with Crippen molar-refractivity contribution in [2.75, 3.05) is 13.1 Å². The van der Waals surface area contributed by atoms with Crippen molar-refractivity contribution in [2.24, 2.45) is 0 Å². The van der Waals surface area contributed by atoms with Crippen LogP contribution in [0.3, 0.4) is 0 Å². The zero-order valence-electron chi connectivity index (χ0n) is 9.20. The van der Waals surface area contributed by atoms with E-state index >= 15 is 0 Å². The van der Waals surface area contributed by atoms with Crippen molar-refractivity contribution in [2.45, 2.75) is 18.9 Å². The number of β-amino-alcohol motifs (C(OH)–C–C–N with tert-alkyl or cyclic N) is 1. The second-order valence-corrected chi connectivity index (χ2v) is 5.94. The number of halogens is 2. The molecule has 2 rings (SSSR count). The number of likely N-dealkylation sites (tertiary alicyclic amines) is 1. The van der Waals surface area contributed by atoms with Crippen molar-refractivity contribution in [3.05, 3.63) is 32.7 Å². The van der Waals surface area contributed by atoms with Gasteiger partial charge in [-0.3, -0.25) is 4.79 Å². The molecule has 0 bridgehead atoms. The van der Waals surface area contributed by atoms with Crippen LogP contribution in [0.25, 0.3) is 0 Å². The average molecular weight is 363 g/mol. The third-order valence-electron chi connectivity index (χ3n) is 2.84. The van der Waals surface area contributed by atoms with Gasteiger partial charge in [-0.2, -0.15) is 0 Å². The van der Waals surface area contributed by atoms with Gasteiger partial charge in [0.1, 0.15) is 0 Å². The fourth-order valence-corrected chi connectivity index (χ4v) is 2.75. The molecule has 1 atom stereocenters. The summed E-state index contributed by atoms with van der Waals surface area (Å²) in [7, 11) is 0. The van der Waals surface area contributed by atoms with Crippen LogP contribution >= 0.6 is 31.9 Å². The molecule has 0 aromatic heterocycles. The lowest BCUT2D eigenvalue weighted by Crippen LogP contribution is -2.42. The van der Waals surface area contributed by atoms with Gasteiger partial charge in [0, 0.05) is 22.0 Å². The zero-order chi connectivity index (χ0) is 12.4. The summed E-state index contributed by atoms with van der Waals surface area (Å²) >= 11 is 6.74. The largest absolute Gasteiger partial charge is 0.391 e. The molecule has 17 heavy (non-hydrogen) atoms. The Labute approximate surface area is 117 Å². The number of carbonyl (C=O) groups is 1. The van der Waals surface area contributed by atoms with Crippen LogP contribution in [0.2, 0.25) is 0 Å². The molecule has 1 aliphatic heterocycles. The Morgan fingerprint density at radius 2 is 2.18 bits per heavy atom. The van der Waals surface area contributed by atoms with Crippen molar-refractivity contribution in [3.8, 4) is 0 Å². The van der Waals surface area contributed by atoms with E-state index in [0.717, 1.165) is 28.3 Å². The summed E-state index contributed by atoms with van der Waals surface area (Å²) < 4.78 is 1.66. The van der Waals surface area contributed by atoms with Crippen molar-refractivity contribution in [3.63, 3.8) is 0 Å². The third kappa shape index (κ3) is 3.09. The minimum Gasteiger partial charge on any atom is -0.391 e. The topological polar surface area (TPSA) is 40.5 Å². The van der Waals surface area contributed by atoms with E-state index in [-0.39, 0.29) is 5.91 Å². The smallest absolute Gasteiger partial charge is 0.255 e. The van der Waals surface area contributed by atoms with Crippen LogP contribution in [0.1, 0.15) is 23.2 Å². The Hall–Kier alpha value is -0.390. The molecule has 1 aromatic carbocycles. The van der Waals surface area contributed by atoms with Gasteiger partial charge in [0.25, 0.3) is 5.91 Å². The molecule has 1 aliphatic rings. The molecule has 1 N–H and O–H groups in total. The SMILES string of the molecule is O=C(c1cc(Br)ccc1Br)N1CCCC(O)C1. The van der Waals surface area contributed by atoms with Gasteiger partial charge in [-0.05, 0) is 47.0 Å². The fourth-order valence-electron chi connectivity index (χ4n) is 1.97. The number of nitrogens with zero attached hydrogens (tertiary/aromatic N) is 1. The number of hydrogen-bond donors (Lipinski definition) is 1. The first kappa shape index (κ1) is 13.1. The number of benzene rings is 1. The number of aliphatic hydroxyl groups is 1. The van der Waals surface area contributed by atoms with E-state index in [1.807, 2.05) is 12.1 Å². The summed E-state index contributed by atoms with van der Waals surface area (Å²) in [6.07, 6.45) is 1.25. The molecule has 3 nitrogen and oxygen atoms in total. The lowest BCUT2D eigenvalue weighted by atomic mass is 10.1. The Morgan fingerprint density at radius 1 is 1.41 bits per heavy atom. The van der Waals surface area contributed by atoms with Crippen LogP contribution in [-0.4, -0.2) is 35.1 Å². The molecule has 1 unspecified atom stereocenters. The summed E-state index contributed by atoms with van der Waals surface area (Å²) in [5.74, 6) is -0.0306. The van der Waals surface area contributed by atoms with Gasteiger partial charge in [-0.25, -0.2) is 0 Å². The van der Waals surface area contributed by atoms with E-state index in [4.69, 9.17) is 0 Å². The number of aliphatic hydroxyl groups excluding tert-OH is 1. The first-order valence-corrected chi connectivity index (χ1v) is 7.09.